The Hall–Kier alpha value is -1.09. The fourth-order valence-electron chi connectivity index (χ4n) is 1.02. The molecular weight excluding hydrogens is 162 g/mol. The minimum Gasteiger partial charge on any atom is -0.250 e. The highest BCUT2D eigenvalue weighted by atomic mass is 35.5. The van der Waals surface area contributed by atoms with Crippen LogP contribution in [0.3, 0.4) is 0 Å². The van der Waals surface area contributed by atoms with Gasteiger partial charge in [-0.15, -0.1) is 0 Å². The van der Waals surface area contributed by atoms with Gasteiger partial charge < -0.3 is 0 Å². The highest BCUT2D eigenvalue weighted by Gasteiger charge is 2.02. The standard InChI is InChI=1S/C7H6ClN3/c1-11-7-5(4-10-11)6(8)2-3-9-7/h2-4H,1H3. The predicted octanol–water partition coefficient (Wildman–Crippen LogP) is 1.62. The minimum atomic E-state index is 0.697. The maximum Gasteiger partial charge on any atom is 0.158 e. The van der Waals surface area contributed by atoms with Crippen molar-refractivity contribution in [3.63, 3.8) is 0 Å². The first kappa shape index (κ1) is 6.61. The summed E-state index contributed by atoms with van der Waals surface area (Å²) in [6.07, 6.45) is 3.39. The van der Waals surface area contributed by atoms with E-state index in [1.807, 2.05) is 7.05 Å². The molecule has 2 aromatic heterocycles. The van der Waals surface area contributed by atoms with E-state index < -0.39 is 0 Å². The van der Waals surface area contributed by atoms with E-state index in [1.54, 1.807) is 23.1 Å². The van der Waals surface area contributed by atoms with Crippen molar-refractivity contribution in [1.29, 1.82) is 0 Å². The van der Waals surface area contributed by atoms with E-state index in [0.717, 1.165) is 11.0 Å². The molecule has 2 heterocycles. The summed E-state index contributed by atoms with van der Waals surface area (Å²) in [6, 6.07) is 1.76. The van der Waals surface area contributed by atoms with Crippen molar-refractivity contribution in [1.82, 2.24) is 14.8 Å². The first-order chi connectivity index (χ1) is 5.29. The van der Waals surface area contributed by atoms with Crippen molar-refractivity contribution in [2.45, 2.75) is 0 Å². The Labute approximate surface area is 68.6 Å². The third kappa shape index (κ3) is 0.886. The van der Waals surface area contributed by atoms with E-state index in [9.17, 15) is 0 Å². The van der Waals surface area contributed by atoms with Crippen LogP contribution >= 0.6 is 11.6 Å². The van der Waals surface area contributed by atoms with Gasteiger partial charge in [0, 0.05) is 13.2 Å². The second-order valence-electron chi connectivity index (χ2n) is 2.30. The van der Waals surface area contributed by atoms with Crippen molar-refractivity contribution < 1.29 is 0 Å². The van der Waals surface area contributed by atoms with Gasteiger partial charge in [-0.2, -0.15) is 5.10 Å². The monoisotopic (exact) mass is 167 g/mol. The topological polar surface area (TPSA) is 30.7 Å². The summed E-state index contributed by atoms with van der Waals surface area (Å²) in [5, 5.41) is 5.62. The number of rotatable bonds is 0. The molecule has 0 N–H and O–H groups in total. The molecular formula is C7H6ClN3. The van der Waals surface area contributed by atoms with Gasteiger partial charge in [-0.1, -0.05) is 11.6 Å². The molecule has 4 heteroatoms. The fourth-order valence-corrected chi connectivity index (χ4v) is 1.21. The third-order valence-electron chi connectivity index (χ3n) is 1.58. The average molecular weight is 168 g/mol. The summed E-state index contributed by atoms with van der Waals surface area (Å²) < 4.78 is 1.70. The molecule has 0 unspecified atom stereocenters. The van der Waals surface area contributed by atoms with Crippen molar-refractivity contribution in [3.05, 3.63) is 23.5 Å². The molecule has 2 rings (SSSR count). The molecule has 0 fully saturated rings. The Morgan fingerprint density at radius 2 is 2.36 bits per heavy atom. The van der Waals surface area contributed by atoms with Crippen LogP contribution in [0.1, 0.15) is 0 Å². The summed E-state index contributed by atoms with van der Waals surface area (Å²) in [7, 11) is 1.84. The number of halogens is 1. The molecule has 0 aliphatic rings. The molecule has 2 aromatic rings. The van der Waals surface area contributed by atoms with Crippen LogP contribution in [0.15, 0.2) is 18.5 Å². The Kier molecular flexibility index (Phi) is 1.32. The normalized spacial score (nSPS) is 10.7. The van der Waals surface area contributed by atoms with Gasteiger partial charge in [0.25, 0.3) is 0 Å². The maximum atomic E-state index is 5.88. The molecule has 0 spiro atoms. The summed E-state index contributed by atoms with van der Waals surface area (Å²) in [6.45, 7) is 0. The second-order valence-corrected chi connectivity index (χ2v) is 2.71. The quantitative estimate of drug-likeness (QED) is 0.597. The number of nitrogens with zero attached hydrogens (tertiary/aromatic N) is 3. The van der Waals surface area contributed by atoms with Crippen LogP contribution in [0.2, 0.25) is 5.02 Å². The molecule has 0 amide bonds. The maximum absolute atomic E-state index is 5.88. The molecule has 56 valence electrons. The average Bonchev–Trinajstić information content (AvgIpc) is 2.35. The van der Waals surface area contributed by atoms with Gasteiger partial charge in [0.1, 0.15) is 0 Å². The highest BCUT2D eigenvalue weighted by molar-refractivity contribution is 6.35. The van der Waals surface area contributed by atoms with Gasteiger partial charge in [0.2, 0.25) is 0 Å². The lowest BCUT2D eigenvalue weighted by Crippen LogP contribution is -1.90. The van der Waals surface area contributed by atoms with E-state index >= 15 is 0 Å². The molecule has 0 atom stereocenters. The summed E-state index contributed by atoms with van der Waals surface area (Å²) in [4.78, 5) is 4.12. The third-order valence-corrected chi connectivity index (χ3v) is 1.91. The SMILES string of the molecule is Cn1ncc2c(Cl)ccnc21. The Morgan fingerprint density at radius 3 is 3.09 bits per heavy atom. The molecule has 11 heavy (non-hydrogen) atoms. The zero-order chi connectivity index (χ0) is 7.84. The van der Waals surface area contributed by atoms with Crippen molar-refractivity contribution >= 4 is 22.6 Å². The highest BCUT2D eigenvalue weighted by Crippen LogP contribution is 2.19. The largest absolute Gasteiger partial charge is 0.250 e. The molecule has 0 aliphatic heterocycles. The van der Waals surface area contributed by atoms with Gasteiger partial charge in [-0.25, -0.2) is 4.98 Å². The molecule has 0 saturated heterocycles. The molecule has 0 aromatic carbocycles. The second kappa shape index (κ2) is 2.20. The van der Waals surface area contributed by atoms with Crippen molar-refractivity contribution in [2.24, 2.45) is 7.05 Å². The predicted molar refractivity (Wildman–Crippen MR) is 43.5 cm³/mol. The number of pyridine rings is 1. The van der Waals surface area contributed by atoms with Gasteiger partial charge in [-0.3, -0.25) is 4.68 Å². The summed E-state index contributed by atoms with van der Waals surface area (Å²) >= 11 is 5.88. The number of hydrogen-bond donors (Lipinski definition) is 0. The van der Waals surface area contributed by atoms with Gasteiger partial charge in [0.15, 0.2) is 5.65 Å². The van der Waals surface area contributed by atoms with Gasteiger partial charge in [0.05, 0.1) is 16.6 Å². The Balaban J connectivity index is 2.94. The number of hydrogen-bond acceptors (Lipinski definition) is 2. The molecule has 0 bridgehead atoms. The molecule has 0 radical (unpaired) electrons. The van der Waals surface area contributed by atoms with E-state index in [1.165, 1.54) is 0 Å². The van der Waals surface area contributed by atoms with E-state index in [0.29, 0.717) is 5.02 Å². The fraction of sp³-hybridized carbons (Fsp3) is 0.143. The lowest BCUT2D eigenvalue weighted by Gasteiger charge is -1.92. The zero-order valence-corrected chi connectivity index (χ0v) is 6.71. The van der Waals surface area contributed by atoms with Crippen LogP contribution in [0.5, 0.6) is 0 Å². The van der Waals surface area contributed by atoms with E-state index in [2.05, 4.69) is 10.1 Å². The smallest absolute Gasteiger partial charge is 0.158 e. The summed E-state index contributed by atoms with van der Waals surface area (Å²) in [5.41, 5.74) is 0.817. The number of aryl methyl sites for hydroxylation is 1. The van der Waals surface area contributed by atoms with Crippen molar-refractivity contribution in [2.75, 3.05) is 0 Å². The van der Waals surface area contributed by atoms with Crippen LogP contribution in [0.25, 0.3) is 11.0 Å². The van der Waals surface area contributed by atoms with Gasteiger partial charge in [-0.05, 0) is 6.07 Å². The molecule has 0 saturated carbocycles. The van der Waals surface area contributed by atoms with E-state index in [-0.39, 0.29) is 0 Å². The Bertz CT molecular complexity index is 393. The van der Waals surface area contributed by atoms with Crippen molar-refractivity contribution in [3.8, 4) is 0 Å². The molecule has 3 nitrogen and oxygen atoms in total. The van der Waals surface area contributed by atoms with Gasteiger partial charge >= 0.3 is 0 Å². The lowest BCUT2D eigenvalue weighted by molar-refractivity contribution is 0.786. The van der Waals surface area contributed by atoms with Crippen LogP contribution in [-0.4, -0.2) is 14.8 Å². The van der Waals surface area contributed by atoms with E-state index in [4.69, 9.17) is 11.6 Å². The zero-order valence-electron chi connectivity index (χ0n) is 5.95. The number of fused-ring (bicyclic) bond motifs is 1. The molecule has 0 aliphatic carbocycles. The van der Waals surface area contributed by atoms with Crippen LogP contribution in [0, 0.1) is 0 Å². The Morgan fingerprint density at radius 1 is 1.55 bits per heavy atom. The lowest BCUT2D eigenvalue weighted by atomic mass is 10.4. The number of aromatic nitrogens is 3. The first-order valence-electron chi connectivity index (χ1n) is 3.21. The minimum absolute atomic E-state index is 0.697. The summed E-state index contributed by atoms with van der Waals surface area (Å²) in [5.74, 6) is 0. The van der Waals surface area contributed by atoms with Crippen LogP contribution < -0.4 is 0 Å². The first-order valence-corrected chi connectivity index (χ1v) is 3.59. The van der Waals surface area contributed by atoms with Crippen LogP contribution in [0.4, 0.5) is 0 Å². The van der Waals surface area contributed by atoms with Crippen LogP contribution in [-0.2, 0) is 7.05 Å².